The highest BCUT2D eigenvalue weighted by Crippen LogP contribution is 2.19. The van der Waals surface area contributed by atoms with Crippen LogP contribution in [0.5, 0.6) is 0 Å². The van der Waals surface area contributed by atoms with Crippen LogP contribution in [0.3, 0.4) is 0 Å². The fraction of sp³-hybridized carbons (Fsp3) is 0.667. The highest BCUT2D eigenvalue weighted by atomic mass is 14.9. The number of amidine groups is 1. The zero-order valence-corrected chi connectivity index (χ0v) is 8.60. The highest BCUT2D eigenvalue weighted by Gasteiger charge is 2.13. The van der Waals surface area contributed by atoms with Crippen molar-refractivity contribution in [3.05, 3.63) is 11.8 Å². The van der Waals surface area contributed by atoms with Crippen molar-refractivity contribution in [3.8, 4) is 0 Å². The van der Waals surface area contributed by atoms with Gasteiger partial charge in [0.2, 0.25) is 0 Å². The molecule has 0 aliphatic carbocycles. The molecule has 0 unspecified atom stereocenters. The average molecular weight is 169 g/mol. The van der Waals surface area contributed by atoms with Gasteiger partial charge in [0.1, 0.15) is 5.84 Å². The molecule has 0 radical (unpaired) electrons. The molecule has 3 N–H and O–H groups in total. The second kappa shape index (κ2) is 4.14. The SMILES string of the molecule is CN=C(/C=C(\N)C(C)(C)C)NC. The Kier molecular flexibility index (Phi) is 3.80. The molecule has 0 aromatic heterocycles. The van der Waals surface area contributed by atoms with Crippen molar-refractivity contribution in [1.29, 1.82) is 0 Å². The van der Waals surface area contributed by atoms with Crippen LogP contribution in [0.25, 0.3) is 0 Å². The van der Waals surface area contributed by atoms with E-state index in [1.54, 1.807) is 7.05 Å². The Labute approximate surface area is 74.8 Å². The molecule has 0 saturated carbocycles. The molecule has 70 valence electrons. The number of rotatable bonds is 1. The summed E-state index contributed by atoms with van der Waals surface area (Å²) in [7, 11) is 3.56. The average Bonchev–Trinajstić information content (AvgIpc) is 1.97. The van der Waals surface area contributed by atoms with Crippen molar-refractivity contribution >= 4 is 5.84 Å². The molecule has 3 nitrogen and oxygen atoms in total. The van der Waals surface area contributed by atoms with Gasteiger partial charge in [0.15, 0.2) is 0 Å². The summed E-state index contributed by atoms with van der Waals surface area (Å²) in [6.45, 7) is 6.21. The maximum absolute atomic E-state index is 5.84. The lowest BCUT2D eigenvalue weighted by Gasteiger charge is -2.19. The van der Waals surface area contributed by atoms with E-state index in [1.165, 1.54) is 0 Å². The third-order valence-corrected chi connectivity index (χ3v) is 1.66. The van der Waals surface area contributed by atoms with Gasteiger partial charge in [-0.1, -0.05) is 20.8 Å². The van der Waals surface area contributed by atoms with Crippen LogP contribution >= 0.6 is 0 Å². The molecule has 0 amide bonds. The van der Waals surface area contributed by atoms with E-state index in [1.807, 2.05) is 13.1 Å². The number of nitrogens with zero attached hydrogens (tertiary/aromatic N) is 1. The molecular weight excluding hydrogens is 150 g/mol. The number of allylic oxidation sites excluding steroid dienone is 1. The largest absolute Gasteiger partial charge is 0.401 e. The summed E-state index contributed by atoms with van der Waals surface area (Å²) in [6.07, 6.45) is 1.86. The topological polar surface area (TPSA) is 50.4 Å². The molecule has 0 saturated heterocycles. The summed E-state index contributed by atoms with van der Waals surface area (Å²) in [5, 5.41) is 2.95. The summed E-state index contributed by atoms with van der Waals surface area (Å²) in [5.41, 5.74) is 6.68. The van der Waals surface area contributed by atoms with Gasteiger partial charge in [0, 0.05) is 25.2 Å². The first kappa shape index (κ1) is 11.0. The Bertz CT molecular complexity index is 196. The minimum absolute atomic E-state index is 0.00674. The summed E-state index contributed by atoms with van der Waals surface area (Å²) in [6, 6.07) is 0. The van der Waals surface area contributed by atoms with Gasteiger partial charge < -0.3 is 11.1 Å². The van der Waals surface area contributed by atoms with Gasteiger partial charge in [-0.05, 0) is 6.08 Å². The lowest BCUT2D eigenvalue weighted by molar-refractivity contribution is 0.498. The van der Waals surface area contributed by atoms with Gasteiger partial charge in [0.05, 0.1) is 0 Å². The summed E-state index contributed by atoms with van der Waals surface area (Å²) in [4.78, 5) is 4.01. The zero-order chi connectivity index (χ0) is 9.78. The molecule has 0 fully saturated rings. The molecule has 0 aliphatic heterocycles. The van der Waals surface area contributed by atoms with E-state index >= 15 is 0 Å². The maximum Gasteiger partial charge on any atom is 0.122 e. The first-order valence-corrected chi connectivity index (χ1v) is 4.04. The number of likely N-dealkylation sites (N-methyl/N-ethyl adjacent to an activating group) is 1. The lowest BCUT2D eigenvalue weighted by atomic mass is 9.92. The van der Waals surface area contributed by atoms with E-state index < -0.39 is 0 Å². The van der Waals surface area contributed by atoms with Crippen molar-refractivity contribution in [2.45, 2.75) is 20.8 Å². The minimum Gasteiger partial charge on any atom is -0.401 e. The van der Waals surface area contributed by atoms with Crippen molar-refractivity contribution in [3.63, 3.8) is 0 Å². The molecule has 0 heterocycles. The molecule has 3 heteroatoms. The fourth-order valence-electron chi connectivity index (χ4n) is 0.612. The zero-order valence-electron chi connectivity index (χ0n) is 8.60. The Morgan fingerprint density at radius 1 is 1.42 bits per heavy atom. The third kappa shape index (κ3) is 3.42. The van der Waals surface area contributed by atoms with E-state index in [9.17, 15) is 0 Å². The first-order valence-electron chi connectivity index (χ1n) is 4.04. The maximum atomic E-state index is 5.84. The predicted molar refractivity (Wildman–Crippen MR) is 54.1 cm³/mol. The number of aliphatic imine (C=N–C) groups is 1. The monoisotopic (exact) mass is 169 g/mol. The van der Waals surface area contributed by atoms with Crippen molar-refractivity contribution < 1.29 is 0 Å². The van der Waals surface area contributed by atoms with Gasteiger partial charge in [-0.2, -0.15) is 0 Å². The van der Waals surface area contributed by atoms with Crippen molar-refractivity contribution in [2.24, 2.45) is 16.1 Å². The van der Waals surface area contributed by atoms with Crippen LogP contribution < -0.4 is 11.1 Å². The second-order valence-electron chi connectivity index (χ2n) is 3.71. The summed E-state index contributed by atoms with van der Waals surface area (Å²) < 4.78 is 0. The van der Waals surface area contributed by atoms with Crippen LogP contribution in [0.2, 0.25) is 0 Å². The van der Waals surface area contributed by atoms with Crippen LogP contribution in [0.1, 0.15) is 20.8 Å². The van der Waals surface area contributed by atoms with Crippen LogP contribution in [-0.2, 0) is 0 Å². The van der Waals surface area contributed by atoms with E-state index in [4.69, 9.17) is 5.73 Å². The number of nitrogens with two attached hydrogens (primary N) is 1. The Balaban J connectivity index is 4.56. The van der Waals surface area contributed by atoms with Crippen molar-refractivity contribution in [1.82, 2.24) is 5.32 Å². The van der Waals surface area contributed by atoms with Gasteiger partial charge in [-0.3, -0.25) is 4.99 Å². The Morgan fingerprint density at radius 3 is 2.17 bits per heavy atom. The van der Waals surface area contributed by atoms with Crippen LogP contribution in [-0.4, -0.2) is 19.9 Å². The molecule has 0 aliphatic rings. The summed E-state index contributed by atoms with van der Waals surface area (Å²) in [5.74, 6) is 0.808. The number of nitrogens with one attached hydrogen (secondary N) is 1. The van der Waals surface area contributed by atoms with Gasteiger partial charge >= 0.3 is 0 Å². The highest BCUT2D eigenvalue weighted by molar-refractivity contribution is 5.93. The molecule has 12 heavy (non-hydrogen) atoms. The van der Waals surface area contributed by atoms with Gasteiger partial charge in [0.25, 0.3) is 0 Å². The standard InChI is InChI=1S/C9H19N3/c1-9(2,3)7(10)6-8(11-4)12-5/h6H,10H2,1-5H3,(H,11,12)/b7-6-. The number of hydrogen-bond acceptors (Lipinski definition) is 2. The molecular formula is C9H19N3. The van der Waals surface area contributed by atoms with E-state index in [0.717, 1.165) is 11.5 Å². The van der Waals surface area contributed by atoms with Crippen LogP contribution in [0, 0.1) is 5.41 Å². The molecule has 0 atom stereocenters. The lowest BCUT2D eigenvalue weighted by Crippen LogP contribution is -2.23. The van der Waals surface area contributed by atoms with Crippen LogP contribution in [0.4, 0.5) is 0 Å². The fourth-order valence-corrected chi connectivity index (χ4v) is 0.612. The molecule has 0 rings (SSSR count). The van der Waals surface area contributed by atoms with Gasteiger partial charge in [-0.15, -0.1) is 0 Å². The van der Waals surface area contributed by atoms with Crippen molar-refractivity contribution in [2.75, 3.05) is 14.1 Å². The molecule has 0 aromatic rings. The van der Waals surface area contributed by atoms with Crippen LogP contribution in [0.15, 0.2) is 16.8 Å². The molecule has 0 spiro atoms. The minimum atomic E-state index is 0.00674. The third-order valence-electron chi connectivity index (χ3n) is 1.66. The Morgan fingerprint density at radius 2 is 1.92 bits per heavy atom. The molecule has 0 bridgehead atoms. The first-order chi connectivity index (χ1) is 5.41. The Hall–Kier alpha value is -0.990. The smallest absolute Gasteiger partial charge is 0.122 e. The molecule has 0 aromatic carbocycles. The predicted octanol–water partition coefficient (Wildman–Crippen LogP) is 1.12. The normalized spacial score (nSPS) is 14.8. The van der Waals surface area contributed by atoms with Gasteiger partial charge in [-0.25, -0.2) is 0 Å². The van der Waals surface area contributed by atoms with E-state index in [-0.39, 0.29) is 5.41 Å². The second-order valence-corrected chi connectivity index (χ2v) is 3.71. The number of hydrogen-bond donors (Lipinski definition) is 2. The quantitative estimate of drug-likeness (QED) is 0.456. The van der Waals surface area contributed by atoms with E-state index in [0.29, 0.717) is 0 Å². The summed E-state index contributed by atoms with van der Waals surface area (Å²) >= 11 is 0. The van der Waals surface area contributed by atoms with E-state index in [2.05, 4.69) is 31.1 Å².